The van der Waals surface area contributed by atoms with Gasteiger partial charge in [0.1, 0.15) is 0 Å². The molecule has 0 unspecified atom stereocenters. The highest BCUT2D eigenvalue weighted by Crippen LogP contribution is 2.27. The van der Waals surface area contributed by atoms with Crippen LogP contribution < -0.4 is 0 Å². The summed E-state index contributed by atoms with van der Waals surface area (Å²) in [6, 6.07) is 4.34. The van der Waals surface area contributed by atoms with Crippen molar-refractivity contribution in [1.29, 1.82) is 0 Å². The number of rotatable bonds is 6. The molecule has 0 bridgehead atoms. The third-order valence-electron chi connectivity index (χ3n) is 2.61. The SMILES string of the molecule is CC(C)N(CCCO)S(=O)(=O)c1ccc(Cl)c(Br)c1. The third-order valence-corrected chi connectivity index (χ3v) is 5.90. The zero-order valence-corrected chi connectivity index (χ0v) is 14.0. The Morgan fingerprint density at radius 3 is 2.53 bits per heavy atom. The van der Waals surface area contributed by atoms with E-state index in [9.17, 15) is 8.42 Å². The summed E-state index contributed by atoms with van der Waals surface area (Å²) in [4.78, 5) is 0.190. The molecule has 0 saturated carbocycles. The van der Waals surface area contributed by atoms with Crippen molar-refractivity contribution in [3.8, 4) is 0 Å². The minimum atomic E-state index is -3.58. The Labute approximate surface area is 127 Å². The maximum absolute atomic E-state index is 12.5. The van der Waals surface area contributed by atoms with E-state index in [1.807, 2.05) is 0 Å². The average molecular weight is 371 g/mol. The van der Waals surface area contributed by atoms with E-state index in [-0.39, 0.29) is 24.1 Å². The number of aliphatic hydroxyl groups excluding tert-OH is 1. The number of benzene rings is 1. The Morgan fingerprint density at radius 2 is 2.05 bits per heavy atom. The molecule has 1 aromatic carbocycles. The molecule has 0 fully saturated rings. The smallest absolute Gasteiger partial charge is 0.243 e. The molecular formula is C12H17BrClNO3S. The van der Waals surface area contributed by atoms with Crippen molar-refractivity contribution < 1.29 is 13.5 Å². The van der Waals surface area contributed by atoms with Crippen LogP contribution in [0.3, 0.4) is 0 Å². The zero-order valence-electron chi connectivity index (χ0n) is 10.8. The van der Waals surface area contributed by atoms with Gasteiger partial charge in [-0.25, -0.2) is 8.42 Å². The summed E-state index contributed by atoms with van der Waals surface area (Å²) in [6.07, 6.45) is 0.409. The van der Waals surface area contributed by atoms with Crippen LogP contribution >= 0.6 is 27.5 Å². The van der Waals surface area contributed by atoms with E-state index in [4.69, 9.17) is 16.7 Å². The van der Waals surface area contributed by atoms with Crippen LogP contribution in [0.1, 0.15) is 20.3 Å². The second-order valence-corrected chi connectivity index (χ2v) is 7.51. The predicted molar refractivity (Wildman–Crippen MR) is 79.9 cm³/mol. The summed E-state index contributed by atoms with van der Waals surface area (Å²) in [5.74, 6) is 0. The summed E-state index contributed by atoms with van der Waals surface area (Å²) in [6.45, 7) is 3.86. The first-order valence-electron chi connectivity index (χ1n) is 5.88. The Hall–Kier alpha value is -0.140. The minimum absolute atomic E-state index is 0.0386. The number of nitrogens with zero attached hydrogens (tertiary/aromatic N) is 1. The number of hydrogen-bond donors (Lipinski definition) is 1. The summed E-state index contributed by atoms with van der Waals surface area (Å²) >= 11 is 9.09. The van der Waals surface area contributed by atoms with Gasteiger partial charge in [0.15, 0.2) is 0 Å². The normalized spacial score (nSPS) is 12.4. The number of aliphatic hydroxyl groups is 1. The van der Waals surface area contributed by atoms with Gasteiger partial charge in [0.05, 0.1) is 9.92 Å². The van der Waals surface area contributed by atoms with Gasteiger partial charge in [-0.2, -0.15) is 4.31 Å². The van der Waals surface area contributed by atoms with Crippen molar-refractivity contribution in [1.82, 2.24) is 4.31 Å². The van der Waals surface area contributed by atoms with Crippen molar-refractivity contribution in [2.75, 3.05) is 13.2 Å². The van der Waals surface area contributed by atoms with E-state index in [1.54, 1.807) is 19.9 Å². The van der Waals surface area contributed by atoms with Crippen LogP contribution in [0, 0.1) is 0 Å². The highest BCUT2D eigenvalue weighted by Gasteiger charge is 2.26. The lowest BCUT2D eigenvalue weighted by atomic mass is 10.3. The highest BCUT2D eigenvalue weighted by atomic mass is 79.9. The Kier molecular flexibility index (Phi) is 6.26. The van der Waals surface area contributed by atoms with Crippen LogP contribution in [-0.2, 0) is 10.0 Å². The van der Waals surface area contributed by atoms with Crippen molar-refractivity contribution >= 4 is 37.6 Å². The molecule has 19 heavy (non-hydrogen) atoms. The summed E-state index contributed by atoms with van der Waals surface area (Å²) in [5.41, 5.74) is 0. The summed E-state index contributed by atoms with van der Waals surface area (Å²) in [7, 11) is -3.58. The molecule has 0 aromatic heterocycles. The molecule has 0 aliphatic rings. The molecule has 0 amide bonds. The highest BCUT2D eigenvalue weighted by molar-refractivity contribution is 9.10. The molecule has 4 nitrogen and oxygen atoms in total. The largest absolute Gasteiger partial charge is 0.396 e. The van der Waals surface area contributed by atoms with Gasteiger partial charge in [-0.1, -0.05) is 11.6 Å². The van der Waals surface area contributed by atoms with E-state index < -0.39 is 10.0 Å². The van der Waals surface area contributed by atoms with Gasteiger partial charge in [-0.05, 0) is 54.4 Å². The second kappa shape index (κ2) is 7.04. The fourth-order valence-corrected chi connectivity index (χ4v) is 4.01. The first-order valence-corrected chi connectivity index (χ1v) is 8.49. The molecule has 0 aliphatic heterocycles. The Bertz CT molecular complexity index is 534. The van der Waals surface area contributed by atoms with Crippen LogP contribution in [-0.4, -0.2) is 37.0 Å². The lowest BCUT2D eigenvalue weighted by Crippen LogP contribution is -2.38. The monoisotopic (exact) mass is 369 g/mol. The molecule has 1 aromatic rings. The van der Waals surface area contributed by atoms with Crippen molar-refractivity contribution in [3.05, 3.63) is 27.7 Å². The summed E-state index contributed by atoms with van der Waals surface area (Å²) < 4.78 is 27.0. The average Bonchev–Trinajstić information content (AvgIpc) is 2.32. The van der Waals surface area contributed by atoms with Crippen LogP contribution in [0.15, 0.2) is 27.6 Å². The van der Waals surface area contributed by atoms with E-state index in [1.165, 1.54) is 16.4 Å². The van der Waals surface area contributed by atoms with E-state index in [0.717, 1.165) is 0 Å². The molecule has 0 aliphatic carbocycles. The quantitative estimate of drug-likeness (QED) is 0.837. The van der Waals surface area contributed by atoms with Crippen molar-refractivity contribution in [3.63, 3.8) is 0 Å². The third kappa shape index (κ3) is 4.16. The molecule has 0 atom stereocenters. The first-order chi connectivity index (χ1) is 8.80. The first kappa shape index (κ1) is 16.9. The number of halogens is 2. The molecule has 108 valence electrons. The Morgan fingerprint density at radius 1 is 1.42 bits per heavy atom. The van der Waals surface area contributed by atoms with Crippen molar-refractivity contribution in [2.24, 2.45) is 0 Å². The molecule has 1 N–H and O–H groups in total. The molecule has 0 spiro atoms. The van der Waals surface area contributed by atoms with Crippen LogP contribution in [0.25, 0.3) is 0 Å². The van der Waals surface area contributed by atoms with E-state index in [2.05, 4.69) is 15.9 Å². The summed E-state index contributed by atoms with van der Waals surface area (Å²) in [5, 5.41) is 9.33. The van der Waals surface area contributed by atoms with Gasteiger partial charge < -0.3 is 5.11 Å². The van der Waals surface area contributed by atoms with Crippen molar-refractivity contribution in [2.45, 2.75) is 31.2 Å². The number of sulfonamides is 1. The topological polar surface area (TPSA) is 57.6 Å². The molecule has 7 heteroatoms. The number of hydrogen-bond acceptors (Lipinski definition) is 3. The van der Waals surface area contributed by atoms with Crippen LogP contribution in [0.4, 0.5) is 0 Å². The van der Waals surface area contributed by atoms with Gasteiger partial charge >= 0.3 is 0 Å². The van der Waals surface area contributed by atoms with Gasteiger partial charge in [0, 0.05) is 23.7 Å². The van der Waals surface area contributed by atoms with Crippen LogP contribution in [0.2, 0.25) is 5.02 Å². The van der Waals surface area contributed by atoms with Gasteiger partial charge in [0.25, 0.3) is 0 Å². The molecule has 0 radical (unpaired) electrons. The molecule has 1 rings (SSSR count). The maximum atomic E-state index is 12.5. The van der Waals surface area contributed by atoms with Gasteiger partial charge in [-0.15, -0.1) is 0 Å². The predicted octanol–water partition coefficient (Wildman–Crippen LogP) is 2.88. The lowest BCUT2D eigenvalue weighted by molar-refractivity contribution is 0.258. The molecule has 0 saturated heterocycles. The second-order valence-electron chi connectivity index (χ2n) is 4.36. The van der Waals surface area contributed by atoms with Gasteiger partial charge in [0.2, 0.25) is 10.0 Å². The molecular weight excluding hydrogens is 354 g/mol. The lowest BCUT2D eigenvalue weighted by Gasteiger charge is -2.25. The van der Waals surface area contributed by atoms with Crippen LogP contribution in [0.5, 0.6) is 0 Å². The van der Waals surface area contributed by atoms with Gasteiger partial charge in [-0.3, -0.25) is 0 Å². The Balaban J connectivity index is 3.15. The van der Waals surface area contributed by atoms with E-state index in [0.29, 0.717) is 15.9 Å². The fourth-order valence-electron chi connectivity index (χ4n) is 1.66. The standard InChI is InChI=1S/C12H17BrClNO3S/c1-9(2)15(6-3-7-16)19(17,18)10-4-5-12(14)11(13)8-10/h4-5,8-9,16H,3,6-7H2,1-2H3. The fraction of sp³-hybridized carbons (Fsp3) is 0.500. The minimum Gasteiger partial charge on any atom is -0.396 e. The zero-order chi connectivity index (χ0) is 14.6. The maximum Gasteiger partial charge on any atom is 0.243 e. The molecule has 0 heterocycles. The van der Waals surface area contributed by atoms with E-state index >= 15 is 0 Å².